The van der Waals surface area contributed by atoms with Gasteiger partial charge >= 0.3 is 12.1 Å². The third kappa shape index (κ3) is 4.76. The van der Waals surface area contributed by atoms with E-state index in [1.165, 1.54) is 31.3 Å². The molecule has 1 aliphatic rings. The van der Waals surface area contributed by atoms with Gasteiger partial charge in [0.05, 0.1) is 5.75 Å². The van der Waals surface area contributed by atoms with E-state index in [-0.39, 0.29) is 16.7 Å². The molecule has 3 atom stereocenters. The monoisotopic (exact) mass is 533 g/mol. The predicted molar refractivity (Wildman–Crippen MR) is 128 cm³/mol. The summed E-state index contributed by atoms with van der Waals surface area (Å²) in [6.45, 7) is 0. The number of benzene rings is 3. The Morgan fingerprint density at radius 2 is 1.65 bits per heavy atom. The summed E-state index contributed by atoms with van der Waals surface area (Å²) in [6, 6.07) is 21.3. The van der Waals surface area contributed by atoms with Crippen molar-refractivity contribution in [3.63, 3.8) is 0 Å². The molecule has 3 N–H and O–H groups in total. The Hall–Kier alpha value is -3.58. The third-order valence-electron chi connectivity index (χ3n) is 6.09. The number of halogens is 3. The van der Waals surface area contributed by atoms with Gasteiger partial charge in [-0.1, -0.05) is 77.9 Å². The smallest absolute Gasteiger partial charge is 0.356 e. The number of rotatable bonds is 6. The molecule has 0 saturated carbocycles. The Labute approximate surface area is 212 Å². The van der Waals surface area contributed by atoms with E-state index in [0.717, 1.165) is 4.90 Å². The molecule has 12 heteroatoms. The average molecular weight is 534 g/mol. The third-order valence-corrected chi connectivity index (χ3v) is 6.65. The molecule has 0 aliphatic carbocycles. The minimum absolute atomic E-state index is 0.0437. The van der Waals surface area contributed by atoms with E-state index in [1.54, 1.807) is 54.6 Å². The molecule has 0 spiro atoms. The van der Waals surface area contributed by atoms with Gasteiger partial charge in [0, 0.05) is 7.05 Å². The van der Waals surface area contributed by atoms with E-state index in [4.69, 9.17) is 10.6 Å². The quantitative estimate of drug-likeness (QED) is 0.467. The summed E-state index contributed by atoms with van der Waals surface area (Å²) in [5.41, 5.74) is 5.57. The predicted octanol–water partition coefficient (Wildman–Crippen LogP) is 3.36. The largest absolute Gasteiger partial charge is 0.492 e. The van der Waals surface area contributed by atoms with Gasteiger partial charge in [-0.2, -0.15) is 13.2 Å². The van der Waals surface area contributed by atoms with E-state index in [2.05, 4.69) is 0 Å². The minimum atomic E-state index is -5.38. The first kappa shape index (κ1) is 26.5. The first-order valence-corrected chi connectivity index (χ1v) is 12.2. The van der Waals surface area contributed by atoms with Crippen LogP contribution in [0.25, 0.3) is 11.1 Å². The number of nitrogens with two attached hydrogens (primary N) is 1. The molecule has 1 heterocycles. The van der Waals surface area contributed by atoms with Gasteiger partial charge in [0.15, 0.2) is 22.9 Å². The van der Waals surface area contributed by atoms with E-state index < -0.39 is 46.7 Å². The number of amides is 1. The summed E-state index contributed by atoms with van der Waals surface area (Å²) in [5, 5.41) is 0.508. The molecule has 194 valence electrons. The van der Waals surface area contributed by atoms with Gasteiger partial charge in [-0.25, -0.2) is 9.00 Å². The molecule has 1 amide bonds. The number of likely N-dealkylation sites (N-methyl/N-ethyl adjacent to an activating group) is 1. The zero-order valence-corrected chi connectivity index (χ0v) is 20.2. The standard InChI is InChI=1S/C25H22F3N3O5S/c1-30-21(32)24(19-10-6-3-7-11-19,31(23(30)29)36-22(33)25(26,27)28)20-14-17(16-8-4-2-5-9-16)12-13-18(20)15-37(34)35/h2-14,23H,15,29H2,1H3,(H,34,35). The second-order valence-electron chi connectivity index (χ2n) is 8.31. The number of carbonyl (C=O) groups is 2. The lowest BCUT2D eigenvalue weighted by molar-refractivity contribution is -0.260. The van der Waals surface area contributed by atoms with Crippen LogP contribution < -0.4 is 5.73 Å². The highest BCUT2D eigenvalue weighted by molar-refractivity contribution is 7.78. The lowest BCUT2D eigenvalue weighted by Crippen LogP contribution is -2.54. The van der Waals surface area contributed by atoms with Gasteiger partial charge in [0.25, 0.3) is 5.91 Å². The molecule has 0 radical (unpaired) electrons. The van der Waals surface area contributed by atoms with Crippen LogP contribution in [0.4, 0.5) is 13.2 Å². The molecule has 1 aliphatic heterocycles. The number of alkyl halides is 3. The molecular weight excluding hydrogens is 511 g/mol. The van der Waals surface area contributed by atoms with Gasteiger partial charge in [-0.3, -0.25) is 10.5 Å². The molecule has 3 aromatic carbocycles. The van der Waals surface area contributed by atoms with E-state index >= 15 is 0 Å². The summed E-state index contributed by atoms with van der Waals surface area (Å²) in [7, 11) is 1.26. The van der Waals surface area contributed by atoms with Gasteiger partial charge in [-0.05, 0) is 33.9 Å². The van der Waals surface area contributed by atoms with E-state index in [1.807, 2.05) is 0 Å². The summed E-state index contributed by atoms with van der Waals surface area (Å²) < 4.78 is 61.5. The molecule has 1 saturated heterocycles. The Morgan fingerprint density at radius 3 is 2.22 bits per heavy atom. The minimum Gasteiger partial charge on any atom is -0.356 e. The van der Waals surface area contributed by atoms with Crippen molar-refractivity contribution in [1.29, 1.82) is 0 Å². The first-order chi connectivity index (χ1) is 17.5. The van der Waals surface area contributed by atoms with Crippen molar-refractivity contribution in [3.8, 4) is 11.1 Å². The highest BCUT2D eigenvalue weighted by atomic mass is 32.2. The van der Waals surface area contributed by atoms with Crippen LogP contribution in [0.3, 0.4) is 0 Å². The van der Waals surface area contributed by atoms with Crippen molar-refractivity contribution >= 4 is 23.0 Å². The van der Waals surface area contributed by atoms with Crippen molar-refractivity contribution in [2.45, 2.75) is 23.8 Å². The normalized spacial score (nSPS) is 21.2. The fourth-order valence-corrected chi connectivity index (χ4v) is 4.91. The van der Waals surface area contributed by atoms with Crippen molar-refractivity contribution in [1.82, 2.24) is 9.96 Å². The molecule has 8 nitrogen and oxygen atoms in total. The Balaban J connectivity index is 2.07. The number of nitrogens with zero attached hydrogens (tertiary/aromatic N) is 2. The molecule has 3 aromatic rings. The van der Waals surface area contributed by atoms with Gasteiger partial charge in [-0.15, -0.1) is 0 Å². The van der Waals surface area contributed by atoms with Crippen LogP contribution in [0, 0.1) is 0 Å². The zero-order chi connectivity index (χ0) is 27.0. The van der Waals surface area contributed by atoms with Crippen LogP contribution >= 0.6 is 0 Å². The van der Waals surface area contributed by atoms with Crippen LogP contribution in [0.5, 0.6) is 0 Å². The maximum Gasteiger partial charge on any atom is 0.492 e. The van der Waals surface area contributed by atoms with Crippen molar-refractivity contribution in [2.75, 3.05) is 7.05 Å². The van der Waals surface area contributed by atoms with Crippen LogP contribution in [-0.4, -0.2) is 50.1 Å². The molecule has 3 unspecified atom stereocenters. The van der Waals surface area contributed by atoms with Crippen LogP contribution in [0.15, 0.2) is 78.9 Å². The zero-order valence-electron chi connectivity index (χ0n) is 19.4. The summed E-state index contributed by atoms with van der Waals surface area (Å²) in [6.07, 6.45) is -6.99. The van der Waals surface area contributed by atoms with Gasteiger partial charge in [0.1, 0.15) is 0 Å². The molecule has 1 fully saturated rings. The van der Waals surface area contributed by atoms with E-state index in [9.17, 15) is 31.5 Å². The van der Waals surface area contributed by atoms with Gasteiger partial charge < -0.3 is 14.3 Å². The summed E-state index contributed by atoms with van der Waals surface area (Å²) in [4.78, 5) is 31.7. The Kier molecular flexibility index (Phi) is 7.20. The maximum atomic E-state index is 14.0. The number of hydrogen-bond acceptors (Lipinski definition) is 6. The summed E-state index contributed by atoms with van der Waals surface area (Å²) in [5.74, 6) is -3.82. The van der Waals surface area contributed by atoms with E-state index in [0.29, 0.717) is 16.2 Å². The SMILES string of the molecule is CN1C(=O)C(c2ccccc2)(c2cc(-c3ccccc3)ccc2CS(=O)O)N(OC(=O)C(F)(F)F)C1N. The van der Waals surface area contributed by atoms with Crippen molar-refractivity contribution in [3.05, 3.63) is 95.6 Å². The van der Waals surface area contributed by atoms with Crippen LogP contribution in [-0.2, 0) is 36.8 Å². The van der Waals surface area contributed by atoms with Crippen molar-refractivity contribution in [2.24, 2.45) is 5.73 Å². The Morgan fingerprint density at radius 1 is 1.05 bits per heavy atom. The number of hydroxylamine groups is 2. The highest BCUT2D eigenvalue weighted by Gasteiger charge is 2.62. The number of hydrogen-bond donors (Lipinski definition) is 2. The fraction of sp³-hybridized carbons (Fsp3) is 0.200. The average Bonchev–Trinajstić information content (AvgIpc) is 3.05. The van der Waals surface area contributed by atoms with Crippen molar-refractivity contribution < 1.29 is 36.4 Å². The maximum absolute atomic E-state index is 14.0. The second kappa shape index (κ2) is 10.1. The number of carbonyl (C=O) groups excluding carboxylic acids is 2. The molecule has 4 rings (SSSR count). The topological polar surface area (TPSA) is 113 Å². The highest BCUT2D eigenvalue weighted by Crippen LogP contribution is 2.46. The molecule has 0 aromatic heterocycles. The lowest BCUT2D eigenvalue weighted by atomic mass is 9.79. The first-order valence-electron chi connectivity index (χ1n) is 10.9. The molecule has 0 bridgehead atoms. The van der Waals surface area contributed by atoms with Gasteiger partial charge in [0.2, 0.25) is 0 Å². The van der Waals surface area contributed by atoms with Crippen LogP contribution in [0.2, 0.25) is 0 Å². The lowest BCUT2D eigenvalue weighted by Gasteiger charge is -2.37. The molecular formula is C25H22F3N3O5S. The summed E-state index contributed by atoms with van der Waals surface area (Å²) >= 11 is -2.38. The second-order valence-corrected chi connectivity index (χ2v) is 9.24. The Bertz CT molecular complexity index is 1340. The molecule has 37 heavy (non-hydrogen) atoms. The fourth-order valence-electron chi connectivity index (χ4n) is 4.39. The van der Waals surface area contributed by atoms with Crippen LogP contribution in [0.1, 0.15) is 16.7 Å².